The van der Waals surface area contributed by atoms with E-state index in [2.05, 4.69) is 64.5 Å². The molecule has 2 aromatic heterocycles. The number of likely N-dealkylation sites (tertiary alicyclic amines) is 1. The fourth-order valence-corrected chi connectivity index (χ4v) is 4.80. The normalized spacial score (nSPS) is 15.2. The Hall–Kier alpha value is -3.96. The van der Waals surface area contributed by atoms with Crippen LogP contribution in [0.1, 0.15) is 78.0 Å². The standard InChI is InChI=1S/C33H49N9O2.C2H6/c1-7-24(2)16-31(27-20-37-42(22-27)15-11-12-40(5)6)36-19-25(3)29(18-34)33(44)39-30-17-28(21-35-26(30)4)38-32(43)23-41-13-9-8-10-14-41;1-2/h16-22,24,34H,7-15,23H2,1-6H3,(H,38,43)(H,39,44);1-2H3/b29-25-,31-16-,34-18?,36-19-;. The number of nitrogens with one attached hydrogen (secondary N) is 3. The van der Waals surface area contributed by atoms with Gasteiger partial charge in [-0.25, -0.2) is 0 Å². The minimum atomic E-state index is -0.452. The van der Waals surface area contributed by atoms with Crippen LogP contribution in [0.15, 0.2) is 46.9 Å². The Labute approximate surface area is 275 Å². The van der Waals surface area contributed by atoms with Gasteiger partial charge >= 0.3 is 0 Å². The van der Waals surface area contributed by atoms with Crippen LogP contribution in [0.5, 0.6) is 0 Å². The third kappa shape index (κ3) is 12.8. The Morgan fingerprint density at radius 1 is 1.15 bits per heavy atom. The van der Waals surface area contributed by atoms with E-state index in [0.717, 1.165) is 69.3 Å². The molecule has 1 atom stereocenters. The molecule has 0 spiro atoms. The van der Waals surface area contributed by atoms with Gasteiger partial charge in [0.15, 0.2) is 0 Å². The van der Waals surface area contributed by atoms with E-state index in [9.17, 15) is 9.59 Å². The van der Waals surface area contributed by atoms with Crippen LogP contribution >= 0.6 is 0 Å². The molecule has 3 heterocycles. The quantitative estimate of drug-likeness (QED) is 0.162. The molecule has 0 aliphatic carbocycles. The van der Waals surface area contributed by atoms with Crippen LogP contribution < -0.4 is 10.6 Å². The minimum Gasteiger partial charge on any atom is -0.324 e. The van der Waals surface area contributed by atoms with Crippen LogP contribution in [0.25, 0.3) is 5.70 Å². The number of aryl methyl sites for hydroxylation is 2. The second-order valence-corrected chi connectivity index (χ2v) is 11.8. The molecule has 1 saturated heterocycles. The lowest BCUT2D eigenvalue weighted by Crippen LogP contribution is -2.36. The first-order chi connectivity index (χ1) is 22.1. The predicted molar refractivity (Wildman–Crippen MR) is 191 cm³/mol. The molecule has 0 bridgehead atoms. The number of amides is 2. The third-order valence-electron chi connectivity index (χ3n) is 7.65. The van der Waals surface area contributed by atoms with Gasteiger partial charge in [0.2, 0.25) is 5.91 Å². The molecule has 46 heavy (non-hydrogen) atoms. The van der Waals surface area contributed by atoms with Gasteiger partial charge in [-0.2, -0.15) is 5.10 Å². The number of aliphatic imine (C=N–C) groups is 1. The summed E-state index contributed by atoms with van der Waals surface area (Å²) >= 11 is 0. The van der Waals surface area contributed by atoms with Crippen molar-refractivity contribution < 1.29 is 9.59 Å². The van der Waals surface area contributed by atoms with Gasteiger partial charge in [-0.05, 0) is 84.4 Å². The second kappa shape index (κ2) is 20.2. The first-order valence-corrected chi connectivity index (χ1v) is 16.5. The number of carbonyl (C=O) groups is 2. The van der Waals surface area contributed by atoms with E-state index in [1.807, 2.05) is 30.9 Å². The smallest absolute Gasteiger partial charge is 0.257 e. The average Bonchev–Trinajstić information content (AvgIpc) is 3.51. The number of piperidine rings is 1. The highest BCUT2D eigenvalue weighted by molar-refractivity contribution is 6.20. The van der Waals surface area contributed by atoms with Gasteiger partial charge in [-0.3, -0.25) is 29.1 Å². The molecule has 1 unspecified atom stereocenters. The van der Waals surface area contributed by atoms with Crippen molar-refractivity contribution in [1.82, 2.24) is 24.6 Å². The number of nitrogens with zero attached hydrogens (tertiary/aromatic N) is 6. The lowest BCUT2D eigenvalue weighted by Gasteiger charge is -2.25. The Bertz CT molecular complexity index is 1370. The zero-order valence-corrected chi connectivity index (χ0v) is 29.2. The molecule has 1 fully saturated rings. The minimum absolute atomic E-state index is 0.109. The number of hydrogen-bond donors (Lipinski definition) is 3. The van der Waals surface area contributed by atoms with Crippen molar-refractivity contribution in [3.63, 3.8) is 0 Å². The first-order valence-electron chi connectivity index (χ1n) is 16.5. The molecule has 3 rings (SSSR count). The van der Waals surface area contributed by atoms with Gasteiger partial charge in [-0.15, -0.1) is 0 Å². The zero-order valence-electron chi connectivity index (χ0n) is 29.2. The highest BCUT2D eigenvalue weighted by atomic mass is 16.2. The van der Waals surface area contributed by atoms with Gasteiger partial charge in [-0.1, -0.05) is 46.6 Å². The molecule has 11 heteroatoms. The molecule has 252 valence electrons. The molecule has 11 nitrogen and oxygen atoms in total. The van der Waals surface area contributed by atoms with Crippen molar-refractivity contribution in [3.8, 4) is 0 Å². The molecular formula is C35H55N9O2. The van der Waals surface area contributed by atoms with Crippen molar-refractivity contribution in [2.45, 2.75) is 80.2 Å². The summed E-state index contributed by atoms with van der Waals surface area (Å²) in [6, 6.07) is 1.70. The van der Waals surface area contributed by atoms with Gasteiger partial charge in [0.25, 0.3) is 5.91 Å². The van der Waals surface area contributed by atoms with Crippen molar-refractivity contribution in [3.05, 3.63) is 53.1 Å². The number of pyridine rings is 1. The van der Waals surface area contributed by atoms with Crippen LogP contribution in [0, 0.1) is 18.3 Å². The lowest BCUT2D eigenvalue weighted by molar-refractivity contribution is -0.117. The largest absolute Gasteiger partial charge is 0.324 e. The number of hydrogen-bond acceptors (Lipinski definition) is 8. The molecule has 1 aliphatic rings. The van der Waals surface area contributed by atoms with Crippen molar-refractivity contribution >= 4 is 41.3 Å². The van der Waals surface area contributed by atoms with E-state index in [0.29, 0.717) is 35.1 Å². The summed E-state index contributed by atoms with van der Waals surface area (Å²) in [6.45, 7) is 15.8. The Kier molecular flexibility index (Phi) is 16.8. The van der Waals surface area contributed by atoms with E-state index in [-0.39, 0.29) is 11.5 Å². The van der Waals surface area contributed by atoms with Crippen LogP contribution in [0.3, 0.4) is 0 Å². The summed E-state index contributed by atoms with van der Waals surface area (Å²) in [4.78, 5) is 39.3. The number of carbonyl (C=O) groups excluding carboxylic acids is 2. The lowest BCUT2D eigenvalue weighted by atomic mass is 10.1. The molecule has 2 aromatic rings. The van der Waals surface area contributed by atoms with Gasteiger partial charge in [0.1, 0.15) is 0 Å². The van der Waals surface area contributed by atoms with Gasteiger partial charge in [0, 0.05) is 30.7 Å². The summed E-state index contributed by atoms with van der Waals surface area (Å²) < 4.78 is 1.93. The SMILES string of the molecule is CC.CCC(C)\C=C(/N=C\C(C)=C(\C=N)C(=O)Nc1cc(NC(=O)CN2CCCCC2)cnc1C)c1cnn(CCCN(C)C)c1. The van der Waals surface area contributed by atoms with E-state index in [4.69, 9.17) is 10.4 Å². The van der Waals surface area contributed by atoms with E-state index in [1.165, 1.54) is 6.42 Å². The van der Waals surface area contributed by atoms with E-state index >= 15 is 0 Å². The Morgan fingerprint density at radius 3 is 2.52 bits per heavy atom. The zero-order chi connectivity index (χ0) is 34.1. The summed E-state index contributed by atoms with van der Waals surface area (Å²) in [6.07, 6.45) is 15.5. The topological polar surface area (TPSA) is 132 Å². The molecule has 0 aromatic carbocycles. The summed E-state index contributed by atoms with van der Waals surface area (Å²) in [5, 5.41) is 18.3. The molecule has 1 aliphatic heterocycles. The third-order valence-corrected chi connectivity index (χ3v) is 7.65. The van der Waals surface area contributed by atoms with Gasteiger partial charge in [0.05, 0.1) is 47.3 Å². The number of aromatic nitrogens is 3. The Balaban J connectivity index is 0.00000361. The molecule has 0 radical (unpaired) electrons. The highest BCUT2D eigenvalue weighted by Crippen LogP contribution is 2.21. The summed E-state index contributed by atoms with van der Waals surface area (Å²) in [7, 11) is 4.11. The van der Waals surface area contributed by atoms with Gasteiger partial charge < -0.3 is 20.9 Å². The molecule has 3 N–H and O–H groups in total. The maximum Gasteiger partial charge on any atom is 0.257 e. The van der Waals surface area contributed by atoms with Crippen molar-refractivity contribution in [2.24, 2.45) is 10.9 Å². The van der Waals surface area contributed by atoms with E-state index < -0.39 is 5.91 Å². The molecular weight excluding hydrogens is 578 g/mol. The Morgan fingerprint density at radius 2 is 1.87 bits per heavy atom. The second-order valence-electron chi connectivity index (χ2n) is 11.8. The van der Waals surface area contributed by atoms with E-state index in [1.54, 1.807) is 32.3 Å². The van der Waals surface area contributed by atoms with Crippen LogP contribution in [0.4, 0.5) is 11.4 Å². The highest BCUT2D eigenvalue weighted by Gasteiger charge is 2.16. The molecule has 0 saturated carbocycles. The number of allylic oxidation sites excluding steroid dienone is 2. The maximum absolute atomic E-state index is 13.3. The number of anilines is 2. The van der Waals surface area contributed by atoms with Crippen molar-refractivity contribution in [1.29, 1.82) is 5.41 Å². The molecule has 2 amide bonds. The predicted octanol–water partition coefficient (Wildman–Crippen LogP) is 6.05. The van der Waals surface area contributed by atoms with Crippen LogP contribution in [0.2, 0.25) is 0 Å². The summed E-state index contributed by atoms with van der Waals surface area (Å²) in [5.74, 6) is -0.258. The average molecular weight is 634 g/mol. The monoisotopic (exact) mass is 633 g/mol. The first kappa shape index (κ1) is 38.2. The van der Waals surface area contributed by atoms with Crippen LogP contribution in [-0.2, 0) is 16.1 Å². The maximum atomic E-state index is 13.3. The fourth-order valence-electron chi connectivity index (χ4n) is 4.80. The van der Waals surface area contributed by atoms with Crippen molar-refractivity contribution in [2.75, 3.05) is 50.9 Å². The fraction of sp³-hybridized carbons (Fsp3) is 0.543. The van der Waals surface area contributed by atoms with Crippen LogP contribution in [-0.4, -0.2) is 89.1 Å². The summed E-state index contributed by atoms with van der Waals surface area (Å²) in [5.41, 5.74) is 3.97. The number of rotatable bonds is 15.